The van der Waals surface area contributed by atoms with Crippen LogP contribution in [0.3, 0.4) is 0 Å². The molecule has 0 atom stereocenters. The number of aryl methyl sites for hydroxylation is 1. The van der Waals surface area contributed by atoms with E-state index in [2.05, 4.69) is 21.6 Å². The first-order valence-electron chi connectivity index (χ1n) is 10.3. The first-order valence-corrected chi connectivity index (χ1v) is 10.3. The number of rotatable bonds is 10. The normalized spacial score (nSPS) is 10.5. The zero-order valence-corrected chi connectivity index (χ0v) is 17.6. The van der Waals surface area contributed by atoms with E-state index in [1.807, 2.05) is 13.1 Å². The number of likely N-dealkylation sites (N-methyl/N-ethyl adjacent to an activating group) is 1. The molecule has 0 aliphatic carbocycles. The lowest BCUT2D eigenvalue weighted by Gasteiger charge is -2.17. The average molecular weight is 420 g/mol. The second kappa shape index (κ2) is 10.9. The number of hydrogen-bond acceptors (Lipinski definition) is 4. The van der Waals surface area contributed by atoms with Crippen LogP contribution in [0.15, 0.2) is 54.6 Å². The maximum Gasteiger partial charge on any atom is 0.241 e. The highest BCUT2D eigenvalue weighted by Crippen LogP contribution is 2.19. The van der Waals surface area contributed by atoms with Gasteiger partial charge in [-0.3, -0.25) is 9.89 Å². The van der Waals surface area contributed by atoms with Crippen LogP contribution in [0.4, 0.5) is 10.1 Å². The summed E-state index contributed by atoms with van der Waals surface area (Å²) in [5, 5.41) is 19.2. The number of H-pyrrole nitrogens is 1. The van der Waals surface area contributed by atoms with E-state index in [0.29, 0.717) is 12.1 Å². The van der Waals surface area contributed by atoms with Gasteiger partial charge in [0.1, 0.15) is 5.82 Å². The number of hydrogen-bond donors (Lipinski definition) is 2. The third kappa shape index (κ3) is 6.68. The third-order valence-electron chi connectivity index (χ3n) is 5.09. The van der Waals surface area contributed by atoms with Crippen LogP contribution in [0, 0.1) is 17.1 Å². The van der Waals surface area contributed by atoms with Crippen LogP contribution in [-0.4, -0.2) is 41.1 Å². The molecule has 0 saturated carbocycles. The molecule has 0 fully saturated rings. The van der Waals surface area contributed by atoms with Crippen LogP contribution < -0.4 is 5.32 Å². The number of amides is 1. The second-order valence-electron chi connectivity index (χ2n) is 7.45. The molecule has 0 saturated heterocycles. The summed E-state index contributed by atoms with van der Waals surface area (Å²) in [6, 6.07) is 17.4. The van der Waals surface area contributed by atoms with Gasteiger partial charge in [-0.05, 0) is 73.9 Å². The Morgan fingerprint density at radius 1 is 1.13 bits per heavy atom. The van der Waals surface area contributed by atoms with Crippen LogP contribution in [0.5, 0.6) is 0 Å². The molecule has 160 valence electrons. The number of halogens is 1. The predicted octanol–water partition coefficient (Wildman–Crippen LogP) is 4.37. The summed E-state index contributed by atoms with van der Waals surface area (Å²) >= 11 is 0. The van der Waals surface area contributed by atoms with E-state index in [1.165, 1.54) is 12.1 Å². The Bertz CT molecular complexity index is 1020. The van der Waals surface area contributed by atoms with Crippen molar-refractivity contribution in [1.29, 1.82) is 5.26 Å². The molecule has 0 bridgehead atoms. The summed E-state index contributed by atoms with van der Waals surface area (Å²) < 4.78 is 13.0. The zero-order chi connectivity index (χ0) is 22.1. The van der Waals surface area contributed by atoms with Crippen molar-refractivity contribution in [1.82, 2.24) is 15.1 Å². The van der Waals surface area contributed by atoms with Crippen molar-refractivity contribution in [2.75, 3.05) is 25.5 Å². The van der Waals surface area contributed by atoms with Crippen LogP contribution in [-0.2, 0) is 11.2 Å². The third-order valence-corrected chi connectivity index (χ3v) is 5.09. The Morgan fingerprint density at radius 2 is 1.87 bits per heavy atom. The summed E-state index contributed by atoms with van der Waals surface area (Å²) in [5.41, 5.74) is 4.17. The lowest BCUT2D eigenvalue weighted by Crippen LogP contribution is -2.32. The number of benzene rings is 2. The smallest absolute Gasteiger partial charge is 0.241 e. The van der Waals surface area contributed by atoms with E-state index in [9.17, 15) is 9.18 Å². The number of nitrogens with zero attached hydrogens (tertiary/aromatic N) is 3. The van der Waals surface area contributed by atoms with Gasteiger partial charge in [0.15, 0.2) is 0 Å². The molecule has 1 aromatic heterocycles. The molecule has 31 heavy (non-hydrogen) atoms. The monoisotopic (exact) mass is 419 g/mol. The SMILES string of the molecule is CN(CCCCCc1cc(-c2ccc(F)cc2)n[nH]1)C(=O)CNc1ccc(C#N)cc1. The Hall–Kier alpha value is -3.66. The van der Waals surface area contributed by atoms with Crippen LogP contribution >= 0.6 is 0 Å². The lowest BCUT2D eigenvalue weighted by atomic mass is 10.1. The van der Waals surface area contributed by atoms with Crippen molar-refractivity contribution in [3.05, 3.63) is 71.7 Å². The number of carbonyl (C=O) groups excluding carboxylic acids is 1. The van der Waals surface area contributed by atoms with E-state index in [-0.39, 0.29) is 18.3 Å². The molecule has 3 rings (SSSR count). The van der Waals surface area contributed by atoms with Gasteiger partial charge in [-0.25, -0.2) is 4.39 Å². The standard InChI is InChI=1S/C24H26FN5O/c1-30(24(31)17-27-21-12-6-18(16-26)7-13-21)14-4-2-3-5-22-15-23(29-28-22)19-8-10-20(25)11-9-19/h6-13,15,27H,2-5,14,17H2,1H3,(H,28,29). The summed E-state index contributed by atoms with van der Waals surface area (Å²) in [6.45, 7) is 0.931. The van der Waals surface area contributed by atoms with Gasteiger partial charge in [-0.1, -0.05) is 6.42 Å². The Labute approximate surface area is 181 Å². The van der Waals surface area contributed by atoms with Gasteiger partial charge in [0.2, 0.25) is 5.91 Å². The first kappa shape index (κ1) is 22.0. The maximum absolute atomic E-state index is 13.0. The molecule has 2 aromatic carbocycles. The molecule has 0 aliphatic rings. The summed E-state index contributed by atoms with van der Waals surface area (Å²) in [7, 11) is 1.81. The molecule has 0 aliphatic heterocycles. The topological polar surface area (TPSA) is 84.8 Å². The van der Waals surface area contributed by atoms with E-state index >= 15 is 0 Å². The molecule has 0 radical (unpaired) electrons. The number of unbranched alkanes of at least 4 members (excludes halogenated alkanes) is 2. The average Bonchev–Trinajstić information content (AvgIpc) is 3.26. The highest BCUT2D eigenvalue weighted by atomic mass is 19.1. The predicted molar refractivity (Wildman–Crippen MR) is 119 cm³/mol. The molecule has 2 N–H and O–H groups in total. The molecule has 1 amide bonds. The highest BCUT2D eigenvalue weighted by molar-refractivity contribution is 5.80. The van der Waals surface area contributed by atoms with E-state index < -0.39 is 0 Å². The van der Waals surface area contributed by atoms with Gasteiger partial charge in [0.05, 0.1) is 23.9 Å². The van der Waals surface area contributed by atoms with Crippen LogP contribution in [0.2, 0.25) is 0 Å². The summed E-state index contributed by atoms with van der Waals surface area (Å²) in [5.74, 6) is -0.227. The van der Waals surface area contributed by atoms with Crippen molar-refractivity contribution in [2.24, 2.45) is 0 Å². The fourth-order valence-corrected chi connectivity index (χ4v) is 3.20. The van der Waals surface area contributed by atoms with E-state index in [0.717, 1.165) is 48.3 Å². The fourth-order valence-electron chi connectivity index (χ4n) is 3.20. The largest absolute Gasteiger partial charge is 0.376 e. The van der Waals surface area contributed by atoms with Gasteiger partial charge < -0.3 is 10.2 Å². The lowest BCUT2D eigenvalue weighted by molar-refractivity contribution is -0.128. The zero-order valence-electron chi connectivity index (χ0n) is 17.6. The molecule has 7 heteroatoms. The van der Waals surface area contributed by atoms with Crippen molar-refractivity contribution < 1.29 is 9.18 Å². The minimum absolute atomic E-state index is 0.0295. The van der Waals surface area contributed by atoms with Crippen molar-refractivity contribution >= 4 is 11.6 Å². The van der Waals surface area contributed by atoms with Crippen molar-refractivity contribution in [2.45, 2.75) is 25.7 Å². The van der Waals surface area contributed by atoms with Crippen molar-refractivity contribution in [3.63, 3.8) is 0 Å². The number of carbonyl (C=O) groups is 1. The first-order chi connectivity index (χ1) is 15.0. The molecular weight excluding hydrogens is 393 g/mol. The van der Waals surface area contributed by atoms with Gasteiger partial charge in [0, 0.05) is 30.5 Å². The molecule has 6 nitrogen and oxygen atoms in total. The van der Waals surface area contributed by atoms with E-state index in [1.54, 1.807) is 41.3 Å². The molecule has 0 spiro atoms. The van der Waals surface area contributed by atoms with E-state index in [4.69, 9.17) is 5.26 Å². The number of anilines is 1. The summed E-state index contributed by atoms with van der Waals surface area (Å²) in [6.07, 6.45) is 3.81. The Morgan fingerprint density at radius 3 is 2.58 bits per heavy atom. The summed E-state index contributed by atoms with van der Waals surface area (Å²) in [4.78, 5) is 14.0. The van der Waals surface area contributed by atoms with Gasteiger partial charge in [0.25, 0.3) is 0 Å². The molecule has 3 aromatic rings. The molecule has 1 heterocycles. The van der Waals surface area contributed by atoms with Gasteiger partial charge in [-0.2, -0.15) is 10.4 Å². The number of nitriles is 1. The van der Waals surface area contributed by atoms with Crippen molar-refractivity contribution in [3.8, 4) is 17.3 Å². The fraction of sp³-hybridized carbons (Fsp3) is 0.292. The highest BCUT2D eigenvalue weighted by Gasteiger charge is 2.09. The number of aromatic amines is 1. The van der Waals surface area contributed by atoms with Crippen LogP contribution in [0.25, 0.3) is 11.3 Å². The number of aromatic nitrogens is 2. The van der Waals surface area contributed by atoms with Crippen LogP contribution in [0.1, 0.15) is 30.5 Å². The number of nitrogens with one attached hydrogen (secondary N) is 2. The Balaban J connectivity index is 1.32. The maximum atomic E-state index is 13.0. The minimum atomic E-state index is -0.256. The van der Waals surface area contributed by atoms with Gasteiger partial charge in [-0.15, -0.1) is 0 Å². The van der Waals surface area contributed by atoms with Gasteiger partial charge >= 0.3 is 0 Å². The molecular formula is C24H26FN5O. The minimum Gasteiger partial charge on any atom is -0.376 e. The quantitative estimate of drug-likeness (QED) is 0.478. The Kier molecular flexibility index (Phi) is 7.77. The second-order valence-corrected chi connectivity index (χ2v) is 7.45. The molecule has 0 unspecified atom stereocenters.